The predicted molar refractivity (Wildman–Crippen MR) is 120 cm³/mol. The van der Waals surface area contributed by atoms with E-state index in [-0.39, 0.29) is 0 Å². The van der Waals surface area contributed by atoms with Crippen LogP contribution in [0.5, 0.6) is 0 Å². The average molecular weight is 387 g/mol. The van der Waals surface area contributed by atoms with Crippen LogP contribution in [0.3, 0.4) is 0 Å². The van der Waals surface area contributed by atoms with Gasteiger partial charge in [0.1, 0.15) is 20.3 Å². The Bertz CT molecular complexity index is 686. The minimum absolute atomic E-state index is 0.451. The summed E-state index contributed by atoms with van der Waals surface area (Å²) in [5.74, 6) is 0. The maximum Gasteiger partial charge on any atom is 0.540 e. The van der Waals surface area contributed by atoms with Gasteiger partial charge in [0.15, 0.2) is 0 Å². The van der Waals surface area contributed by atoms with E-state index in [0.29, 0.717) is 20.7 Å². The Kier molecular flexibility index (Phi) is 4.85. The molecule has 0 aromatic rings. The molecule has 0 spiro atoms. The van der Waals surface area contributed by atoms with Crippen LogP contribution in [0, 0.1) is 0 Å². The Labute approximate surface area is 159 Å². The van der Waals surface area contributed by atoms with E-state index in [0.717, 1.165) is 10.5 Å². The van der Waals surface area contributed by atoms with E-state index in [1.807, 2.05) is 0 Å². The molecule has 2 heterocycles. The van der Waals surface area contributed by atoms with Crippen LogP contribution in [0.4, 0.5) is 0 Å². The lowest BCUT2D eigenvalue weighted by Gasteiger charge is -2.26. The fourth-order valence-electron chi connectivity index (χ4n) is 4.70. The maximum atomic E-state index is 2.72. The van der Waals surface area contributed by atoms with E-state index < -0.39 is 6.37 Å². The Balaban J connectivity index is 1.71. The van der Waals surface area contributed by atoms with E-state index in [9.17, 15) is 0 Å². The molecule has 0 bridgehead atoms. The third kappa shape index (κ3) is 2.83. The molecule has 2 aliphatic carbocycles. The van der Waals surface area contributed by atoms with Gasteiger partial charge in [0.05, 0.1) is 0 Å². The SMILES string of the molecule is CCCC1C=C2C=CC=C2[S+]1[Si](C)(C)[S+]1C2=CC=CC2=CC1CCC. The molecule has 3 heteroatoms. The number of allylic oxidation sites excluding steroid dienone is 8. The van der Waals surface area contributed by atoms with Gasteiger partial charge in [-0.1, -0.05) is 38.8 Å². The monoisotopic (exact) mass is 386 g/mol. The summed E-state index contributed by atoms with van der Waals surface area (Å²) in [5, 5.41) is 1.60. The summed E-state index contributed by atoms with van der Waals surface area (Å²) in [4.78, 5) is 3.41. The lowest BCUT2D eigenvalue weighted by Crippen LogP contribution is -2.52. The van der Waals surface area contributed by atoms with E-state index in [4.69, 9.17) is 0 Å². The third-order valence-corrected chi connectivity index (χ3v) is 24.1. The van der Waals surface area contributed by atoms with Crippen molar-refractivity contribution in [1.82, 2.24) is 0 Å². The molecule has 0 fully saturated rings. The first kappa shape index (κ1) is 17.8. The number of hydrogen-bond acceptors (Lipinski definition) is 0. The summed E-state index contributed by atoms with van der Waals surface area (Å²) in [6, 6.07) is 0. The second kappa shape index (κ2) is 6.83. The highest BCUT2D eigenvalue weighted by Gasteiger charge is 2.70. The fraction of sp³-hybridized carbons (Fsp3) is 0.455. The van der Waals surface area contributed by atoms with Crippen molar-refractivity contribution >= 4 is 27.1 Å². The molecule has 2 aliphatic heterocycles. The topological polar surface area (TPSA) is 0 Å². The fourth-order valence-corrected chi connectivity index (χ4v) is 26.7. The molecule has 0 saturated carbocycles. The zero-order chi connectivity index (χ0) is 17.6. The zero-order valence-corrected chi connectivity index (χ0v) is 18.6. The first-order valence-corrected chi connectivity index (χ1v) is 16.8. The van der Waals surface area contributed by atoms with Gasteiger partial charge in [-0.25, -0.2) is 0 Å². The molecule has 0 N–H and O–H groups in total. The molecular weight excluding hydrogens is 356 g/mol. The van der Waals surface area contributed by atoms with Crippen LogP contribution in [0.15, 0.2) is 69.6 Å². The van der Waals surface area contributed by atoms with Gasteiger partial charge in [0.25, 0.3) is 0 Å². The molecule has 4 atom stereocenters. The largest absolute Gasteiger partial charge is 0.540 e. The smallest absolute Gasteiger partial charge is 0.0652 e. The first-order chi connectivity index (χ1) is 12.1. The molecule has 0 amide bonds. The first-order valence-electron chi connectivity index (χ1n) is 9.75. The normalized spacial score (nSPS) is 32.5. The van der Waals surface area contributed by atoms with Crippen molar-refractivity contribution in [2.75, 3.05) is 0 Å². The zero-order valence-electron chi connectivity index (χ0n) is 15.9. The number of rotatable bonds is 6. The minimum Gasteiger partial charge on any atom is -0.0652 e. The molecule has 25 heavy (non-hydrogen) atoms. The Morgan fingerprint density at radius 1 is 0.800 bits per heavy atom. The van der Waals surface area contributed by atoms with Crippen LogP contribution in [0.25, 0.3) is 0 Å². The van der Waals surface area contributed by atoms with Gasteiger partial charge in [-0.3, -0.25) is 0 Å². The van der Waals surface area contributed by atoms with Gasteiger partial charge in [0.2, 0.25) is 0 Å². The van der Waals surface area contributed by atoms with E-state index >= 15 is 0 Å². The molecule has 0 saturated heterocycles. The highest BCUT2D eigenvalue weighted by Crippen LogP contribution is 2.51. The van der Waals surface area contributed by atoms with Crippen LogP contribution in [-0.4, -0.2) is 16.9 Å². The summed E-state index contributed by atoms with van der Waals surface area (Å²) < 4.78 is 0. The molecule has 0 nitrogen and oxygen atoms in total. The van der Waals surface area contributed by atoms with Crippen LogP contribution >= 0.6 is 0 Å². The van der Waals surface area contributed by atoms with Crippen LogP contribution in [-0.2, 0) is 20.7 Å². The lowest BCUT2D eigenvalue weighted by atomic mass is 10.2. The summed E-state index contributed by atoms with van der Waals surface area (Å²) in [6.07, 6.45) is 23.3. The highest BCUT2D eigenvalue weighted by atomic mass is 32.6. The maximum absolute atomic E-state index is 2.72. The second-order valence-electron chi connectivity index (χ2n) is 7.75. The van der Waals surface area contributed by atoms with Gasteiger partial charge in [-0.05, 0) is 49.3 Å². The van der Waals surface area contributed by atoms with Crippen molar-refractivity contribution < 1.29 is 0 Å². The van der Waals surface area contributed by atoms with Crippen molar-refractivity contribution in [2.45, 2.75) is 63.1 Å². The summed E-state index contributed by atoms with van der Waals surface area (Å²) in [5.41, 5.74) is 3.12. The number of hydrogen-bond donors (Lipinski definition) is 0. The van der Waals surface area contributed by atoms with Crippen molar-refractivity contribution in [1.29, 1.82) is 0 Å². The van der Waals surface area contributed by atoms with Gasteiger partial charge in [-0.15, -0.1) is 0 Å². The third-order valence-electron chi connectivity index (χ3n) is 5.63. The van der Waals surface area contributed by atoms with Crippen molar-refractivity contribution in [3.05, 3.63) is 69.6 Å². The van der Waals surface area contributed by atoms with E-state index in [1.54, 1.807) is 21.0 Å². The standard InChI is InChI=1S/C22H30S2Si/c1-5-9-19-15-17-11-7-13-21(17)23(19)25(3,4)24-20(10-6-2)16-18-12-8-14-22(18)24/h7-8,11-16,19-20H,5-6,9-10H2,1-4H3/q+2. The van der Waals surface area contributed by atoms with E-state index in [1.165, 1.54) is 25.7 Å². The average Bonchev–Trinajstić information content (AvgIpc) is 3.26. The summed E-state index contributed by atoms with van der Waals surface area (Å²) >= 11 is 0. The van der Waals surface area contributed by atoms with Crippen molar-refractivity contribution in [3.8, 4) is 0 Å². The molecule has 0 aromatic heterocycles. The second-order valence-corrected chi connectivity index (χ2v) is 23.5. The van der Waals surface area contributed by atoms with E-state index in [2.05, 4.69) is 75.5 Å². The van der Waals surface area contributed by atoms with Crippen LogP contribution in [0.1, 0.15) is 39.5 Å². The minimum atomic E-state index is -1.47. The molecular formula is C22H30S2Si+2. The molecule has 0 aromatic carbocycles. The highest BCUT2D eigenvalue weighted by molar-refractivity contribution is 8.57. The summed E-state index contributed by atoms with van der Waals surface area (Å²) in [6.45, 7) is 10.1. The van der Waals surface area contributed by atoms with Gasteiger partial charge >= 0.3 is 6.37 Å². The Morgan fingerprint density at radius 2 is 1.24 bits per heavy atom. The van der Waals surface area contributed by atoms with Crippen LogP contribution < -0.4 is 0 Å². The molecule has 132 valence electrons. The molecule has 4 unspecified atom stereocenters. The van der Waals surface area contributed by atoms with Gasteiger partial charge in [0, 0.05) is 44.9 Å². The Hall–Kier alpha value is -0.643. The van der Waals surface area contributed by atoms with Crippen molar-refractivity contribution in [3.63, 3.8) is 0 Å². The molecule has 4 rings (SSSR count). The predicted octanol–water partition coefficient (Wildman–Crippen LogP) is 6.05. The number of fused-ring (bicyclic) bond motifs is 2. The Morgan fingerprint density at radius 3 is 1.64 bits per heavy atom. The van der Waals surface area contributed by atoms with Crippen molar-refractivity contribution in [2.24, 2.45) is 0 Å². The molecule has 4 aliphatic rings. The van der Waals surface area contributed by atoms with Gasteiger partial charge in [-0.2, -0.15) is 0 Å². The lowest BCUT2D eigenvalue weighted by molar-refractivity contribution is 0.827. The quantitative estimate of drug-likeness (QED) is 0.385. The van der Waals surface area contributed by atoms with Gasteiger partial charge < -0.3 is 0 Å². The summed E-state index contributed by atoms with van der Waals surface area (Å²) in [7, 11) is 0.902. The van der Waals surface area contributed by atoms with Crippen LogP contribution in [0.2, 0.25) is 13.1 Å². The molecule has 0 radical (unpaired) electrons.